The largest absolute Gasteiger partial charge is 0.459 e. The molecule has 0 N–H and O–H groups in total. The fourth-order valence-corrected chi connectivity index (χ4v) is 2.26. The van der Waals surface area contributed by atoms with E-state index in [1.807, 2.05) is 0 Å². The Hall–Kier alpha value is -2.51. The molecule has 0 spiro atoms. The van der Waals surface area contributed by atoms with Gasteiger partial charge in [0, 0.05) is 24.5 Å². The molecule has 20 heavy (non-hydrogen) atoms. The van der Waals surface area contributed by atoms with Crippen molar-refractivity contribution in [1.29, 1.82) is 0 Å². The Balaban J connectivity index is 2.34. The lowest BCUT2D eigenvalue weighted by atomic mass is 9.92. The minimum atomic E-state index is -0.794. The van der Waals surface area contributed by atoms with Crippen LogP contribution in [0.15, 0.2) is 18.2 Å². The Morgan fingerprint density at radius 1 is 1.30 bits per heavy atom. The van der Waals surface area contributed by atoms with E-state index in [2.05, 4.69) is 0 Å². The third-order valence-corrected chi connectivity index (χ3v) is 3.26. The molecule has 0 saturated carbocycles. The predicted octanol–water partition coefficient (Wildman–Crippen LogP) is 2.14. The lowest BCUT2D eigenvalue weighted by molar-refractivity contribution is -0.394. The van der Waals surface area contributed by atoms with Crippen molar-refractivity contribution in [3.63, 3.8) is 0 Å². The number of nitro benzene ring substituents is 2. The summed E-state index contributed by atoms with van der Waals surface area (Å²) in [5, 5.41) is 21.7. The quantitative estimate of drug-likeness (QED) is 0.474. The number of hydrogen-bond acceptors (Lipinski definition) is 6. The SMILES string of the molecule is C[C@]1(Cc2ccc([N+](=O)[O-])cc2[N+](=O)[O-])CCC(=O)O1. The Morgan fingerprint density at radius 3 is 2.50 bits per heavy atom. The van der Waals surface area contributed by atoms with Crippen LogP contribution < -0.4 is 0 Å². The third kappa shape index (κ3) is 2.73. The summed E-state index contributed by atoms with van der Waals surface area (Å²) in [5.41, 5.74) is -1.15. The average molecular weight is 280 g/mol. The first-order valence-electron chi connectivity index (χ1n) is 5.94. The molecule has 1 saturated heterocycles. The standard InChI is InChI=1S/C12H12N2O6/c1-12(5-4-11(15)20-12)7-8-2-3-9(13(16)17)6-10(8)14(18)19/h2-3,6H,4-5,7H2,1H3/t12-/m1/s1. The van der Waals surface area contributed by atoms with Crippen LogP contribution in [0, 0.1) is 20.2 Å². The number of carbonyl (C=O) groups excluding carboxylic acids is 1. The van der Waals surface area contributed by atoms with Crippen molar-refractivity contribution in [3.8, 4) is 0 Å². The van der Waals surface area contributed by atoms with Crippen LogP contribution in [0.25, 0.3) is 0 Å². The molecule has 1 aliphatic heterocycles. The number of nitro groups is 2. The van der Waals surface area contributed by atoms with Crippen molar-refractivity contribution in [3.05, 3.63) is 44.0 Å². The van der Waals surface area contributed by atoms with Crippen molar-refractivity contribution in [2.75, 3.05) is 0 Å². The summed E-state index contributed by atoms with van der Waals surface area (Å²) in [6.45, 7) is 1.70. The van der Waals surface area contributed by atoms with Crippen molar-refractivity contribution >= 4 is 17.3 Å². The summed E-state index contributed by atoms with van der Waals surface area (Å²) in [4.78, 5) is 31.5. The van der Waals surface area contributed by atoms with E-state index in [1.54, 1.807) is 6.92 Å². The zero-order valence-electron chi connectivity index (χ0n) is 10.7. The van der Waals surface area contributed by atoms with Crippen LogP contribution in [0.4, 0.5) is 11.4 Å². The third-order valence-electron chi connectivity index (χ3n) is 3.26. The predicted molar refractivity (Wildman–Crippen MR) is 67.2 cm³/mol. The fraction of sp³-hybridized carbons (Fsp3) is 0.417. The number of benzene rings is 1. The summed E-state index contributed by atoms with van der Waals surface area (Å²) in [7, 11) is 0. The first-order valence-corrected chi connectivity index (χ1v) is 5.94. The lowest BCUT2D eigenvalue weighted by Crippen LogP contribution is -2.27. The molecular weight excluding hydrogens is 268 g/mol. The number of non-ortho nitro benzene ring substituents is 1. The monoisotopic (exact) mass is 280 g/mol. The van der Waals surface area contributed by atoms with E-state index in [0.29, 0.717) is 12.0 Å². The number of carbonyl (C=O) groups is 1. The highest BCUT2D eigenvalue weighted by Gasteiger charge is 2.37. The highest BCUT2D eigenvalue weighted by atomic mass is 16.6. The molecule has 0 bridgehead atoms. The second kappa shape index (κ2) is 4.87. The van der Waals surface area contributed by atoms with Crippen molar-refractivity contribution in [2.24, 2.45) is 0 Å². The minimum Gasteiger partial charge on any atom is -0.459 e. The molecule has 0 amide bonds. The van der Waals surface area contributed by atoms with E-state index < -0.39 is 15.4 Å². The van der Waals surface area contributed by atoms with E-state index in [1.165, 1.54) is 12.1 Å². The van der Waals surface area contributed by atoms with Gasteiger partial charge in [-0.3, -0.25) is 25.0 Å². The molecule has 1 fully saturated rings. The second-order valence-corrected chi connectivity index (χ2v) is 4.93. The van der Waals surface area contributed by atoms with E-state index in [4.69, 9.17) is 4.74 Å². The van der Waals surface area contributed by atoms with Crippen LogP contribution in [0.5, 0.6) is 0 Å². The lowest BCUT2D eigenvalue weighted by Gasteiger charge is -2.22. The Bertz CT molecular complexity index is 600. The normalized spacial score (nSPS) is 21.6. The molecule has 0 aromatic heterocycles. The smallest absolute Gasteiger partial charge is 0.306 e. The topological polar surface area (TPSA) is 113 Å². The summed E-state index contributed by atoms with van der Waals surface area (Å²) < 4.78 is 5.17. The summed E-state index contributed by atoms with van der Waals surface area (Å²) >= 11 is 0. The van der Waals surface area contributed by atoms with Crippen molar-refractivity contribution in [1.82, 2.24) is 0 Å². The van der Waals surface area contributed by atoms with Gasteiger partial charge >= 0.3 is 5.97 Å². The van der Waals surface area contributed by atoms with Gasteiger partial charge in [0.25, 0.3) is 11.4 Å². The van der Waals surface area contributed by atoms with Gasteiger partial charge in [-0.15, -0.1) is 0 Å². The number of hydrogen-bond donors (Lipinski definition) is 0. The fourth-order valence-electron chi connectivity index (χ4n) is 2.26. The van der Waals surface area contributed by atoms with Gasteiger partial charge in [-0.25, -0.2) is 0 Å². The molecule has 1 atom stereocenters. The van der Waals surface area contributed by atoms with Crippen LogP contribution in [0.2, 0.25) is 0 Å². The van der Waals surface area contributed by atoms with E-state index in [-0.39, 0.29) is 30.2 Å². The molecule has 1 aromatic carbocycles. The highest BCUT2D eigenvalue weighted by molar-refractivity contribution is 5.72. The Kier molecular flexibility index (Phi) is 3.39. The number of rotatable bonds is 4. The van der Waals surface area contributed by atoms with Crippen LogP contribution in [-0.2, 0) is 16.0 Å². The molecule has 1 aliphatic rings. The highest BCUT2D eigenvalue weighted by Crippen LogP contribution is 2.34. The molecule has 1 aromatic rings. The van der Waals surface area contributed by atoms with Crippen molar-refractivity contribution in [2.45, 2.75) is 31.8 Å². The van der Waals surface area contributed by atoms with Gasteiger partial charge in [-0.2, -0.15) is 0 Å². The van der Waals surface area contributed by atoms with E-state index in [9.17, 15) is 25.0 Å². The molecule has 0 radical (unpaired) electrons. The van der Waals surface area contributed by atoms with E-state index >= 15 is 0 Å². The molecule has 8 heteroatoms. The number of nitrogens with zero attached hydrogens (tertiary/aromatic N) is 2. The average Bonchev–Trinajstić information content (AvgIpc) is 2.68. The summed E-state index contributed by atoms with van der Waals surface area (Å²) in [6, 6.07) is 3.48. The van der Waals surface area contributed by atoms with Crippen LogP contribution in [-0.4, -0.2) is 21.4 Å². The molecule has 106 valence electrons. The maximum atomic E-state index is 11.2. The van der Waals surface area contributed by atoms with Gasteiger partial charge in [0.2, 0.25) is 0 Å². The van der Waals surface area contributed by atoms with Gasteiger partial charge in [0.1, 0.15) is 5.60 Å². The van der Waals surface area contributed by atoms with Gasteiger partial charge in [0.05, 0.1) is 15.9 Å². The molecule has 2 rings (SSSR count). The van der Waals surface area contributed by atoms with Crippen LogP contribution in [0.3, 0.4) is 0 Å². The number of ether oxygens (including phenoxy) is 1. The maximum absolute atomic E-state index is 11.2. The zero-order chi connectivity index (χ0) is 14.9. The van der Waals surface area contributed by atoms with Crippen LogP contribution in [0.1, 0.15) is 25.3 Å². The minimum absolute atomic E-state index is 0.160. The van der Waals surface area contributed by atoms with Gasteiger partial charge in [-0.1, -0.05) is 0 Å². The summed E-state index contributed by atoms with van der Waals surface area (Å²) in [6.07, 6.45) is 0.907. The van der Waals surface area contributed by atoms with Gasteiger partial charge < -0.3 is 4.74 Å². The first-order chi connectivity index (χ1) is 9.31. The Morgan fingerprint density at radius 2 is 2.00 bits per heavy atom. The van der Waals surface area contributed by atoms with Crippen molar-refractivity contribution < 1.29 is 19.4 Å². The molecule has 8 nitrogen and oxygen atoms in total. The maximum Gasteiger partial charge on any atom is 0.306 e. The van der Waals surface area contributed by atoms with Crippen LogP contribution >= 0.6 is 0 Å². The molecule has 0 unspecified atom stereocenters. The number of esters is 1. The first kappa shape index (κ1) is 13.9. The second-order valence-electron chi connectivity index (χ2n) is 4.93. The Labute approximate surface area is 113 Å². The molecule has 1 heterocycles. The zero-order valence-corrected chi connectivity index (χ0v) is 10.7. The van der Waals surface area contributed by atoms with E-state index in [0.717, 1.165) is 6.07 Å². The summed E-state index contributed by atoms with van der Waals surface area (Å²) in [5.74, 6) is -0.336. The molecule has 0 aliphatic carbocycles. The van der Waals surface area contributed by atoms with Gasteiger partial charge in [0.15, 0.2) is 0 Å². The molecular formula is C12H12N2O6. The number of cyclic esters (lactones) is 1. The van der Waals surface area contributed by atoms with Gasteiger partial charge in [-0.05, 0) is 19.4 Å².